The number of hydrogen-bond donors (Lipinski definition) is 1. The Morgan fingerprint density at radius 1 is 1.04 bits per heavy atom. The molecule has 1 fully saturated rings. The zero-order chi connectivity index (χ0) is 16.7. The summed E-state index contributed by atoms with van der Waals surface area (Å²) < 4.78 is 7.85. The van der Waals surface area contributed by atoms with E-state index in [9.17, 15) is 9.90 Å². The number of rotatable bonds is 3. The van der Waals surface area contributed by atoms with Crippen LogP contribution in [0, 0.1) is 0 Å². The molecule has 1 aliphatic rings. The van der Waals surface area contributed by atoms with Gasteiger partial charge >= 0.3 is 5.97 Å². The molecule has 1 aromatic heterocycles. The monoisotopic (exact) mass is 323 g/mol. The molecular formula is C20H21NO3. The van der Waals surface area contributed by atoms with E-state index in [-0.39, 0.29) is 0 Å². The Bertz CT molecular complexity index is 904. The third-order valence-corrected chi connectivity index (χ3v) is 5.30. The molecule has 0 aliphatic heterocycles. The lowest BCUT2D eigenvalue weighted by Gasteiger charge is -2.30. The molecule has 1 N–H and O–H groups in total. The second-order valence-corrected chi connectivity index (χ2v) is 6.59. The van der Waals surface area contributed by atoms with Crippen LogP contribution < -0.4 is 0 Å². The summed E-state index contributed by atoms with van der Waals surface area (Å²) in [5.74, 6) is -0.878. The van der Waals surface area contributed by atoms with Crippen LogP contribution >= 0.6 is 0 Å². The van der Waals surface area contributed by atoms with Crippen molar-refractivity contribution in [3.05, 3.63) is 48.0 Å². The maximum atomic E-state index is 11.4. The number of aromatic nitrogens is 1. The first-order valence-corrected chi connectivity index (χ1v) is 8.48. The number of carbonyl (C=O) groups is 1. The summed E-state index contributed by atoms with van der Waals surface area (Å²) in [5.41, 5.74) is 2.56. The van der Waals surface area contributed by atoms with Crippen molar-refractivity contribution in [1.29, 1.82) is 0 Å². The van der Waals surface area contributed by atoms with Gasteiger partial charge in [0.1, 0.15) is 0 Å². The molecule has 0 atom stereocenters. The Labute approximate surface area is 140 Å². The van der Waals surface area contributed by atoms with Crippen LogP contribution in [0.25, 0.3) is 21.8 Å². The maximum absolute atomic E-state index is 11.4. The molecule has 4 rings (SSSR count). The molecule has 1 saturated carbocycles. The number of fused-ring (bicyclic) bond motifs is 3. The fourth-order valence-corrected chi connectivity index (χ4v) is 4.07. The fourth-order valence-electron chi connectivity index (χ4n) is 4.07. The van der Waals surface area contributed by atoms with Gasteiger partial charge in [-0.3, -0.25) is 0 Å². The number of ether oxygens (including phenoxy) is 1. The number of benzene rings is 2. The molecule has 1 aliphatic carbocycles. The van der Waals surface area contributed by atoms with Crippen molar-refractivity contribution in [2.45, 2.75) is 37.8 Å². The number of carboxylic acids is 1. The Hall–Kier alpha value is -2.33. The van der Waals surface area contributed by atoms with E-state index in [0.29, 0.717) is 17.7 Å². The number of aromatic carboxylic acids is 1. The lowest BCUT2D eigenvalue weighted by Crippen LogP contribution is -2.22. The van der Waals surface area contributed by atoms with Gasteiger partial charge in [-0.05, 0) is 43.9 Å². The van der Waals surface area contributed by atoms with Crippen LogP contribution in [0.3, 0.4) is 0 Å². The molecule has 0 spiro atoms. The van der Waals surface area contributed by atoms with Gasteiger partial charge in [0, 0.05) is 29.4 Å². The van der Waals surface area contributed by atoms with Crippen LogP contribution in [0.5, 0.6) is 0 Å². The third kappa shape index (κ3) is 2.38. The van der Waals surface area contributed by atoms with Crippen LogP contribution in [0.1, 0.15) is 42.1 Å². The lowest BCUT2D eigenvalue weighted by atomic mass is 9.92. The van der Waals surface area contributed by atoms with E-state index in [0.717, 1.165) is 36.6 Å². The summed E-state index contributed by atoms with van der Waals surface area (Å²) in [6.07, 6.45) is 4.57. The highest BCUT2D eigenvalue weighted by Crippen LogP contribution is 2.38. The zero-order valence-corrected chi connectivity index (χ0v) is 13.7. The zero-order valence-electron chi connectivity index (χ0n) is 13.7. The topological polar surface area (TPSA) is 51.5 Å². The minimum atomic E-state index is -0.878. The SMILES string of the molecule is CO[C@H]1CC[C@@H](n2c3ccccc3c3ccc(C(=O)O)cc32)CC1. The second kappa shape index (κ2) is 5.95. The first kappa shape index (κ1) is 15.2. The van der Waals surface area contributed by atoms with E-state index in [1.807, 2.05) is 18.2 Å². The molecule has 1 heterocycles. The first-order chi connectivity index (χ1) is 11.7. The van der Waals surface area contributed by atoms with Crippen LogP contribution in [0.15, 0.2) is 42.5 Å². The average molecular weight is 323 g/mol. The largest absolute Gasteiger partial charge is 0.478 e. The van der Waals surface area contributed by atoms with Gasteiger partial charge in [-0.1, -0.05) is 24.3 Å². The summed E-state index contributed by atoms with van der Waals surface area (Å²) >= 11 is 0. The predicted molar refractivity (Wildman–Crippen MR) is 94.7 cm³/mol. The van der Waals surface area contributed by atoms with Crippen molar-refractivity contribution < 1.29 is 14.6 Å². The summed E-state index contributed by atoms with van der Waals surface area (Å²) in [7, 11) is 1.78. The van der Waals surface area contributed by atoms with Crippen molar-refractivity contribution in [2.24, 2.45) is 0 Å². The van der Waals surface area contributed by atoms with Crippen LogP contribution in [-0.4, -0.2) is 28.9 Å². The van der Waals surface area contributed by atoms with Crippen molar-refractivity contribution in [3.63, 3.8) is 0 Å². The van der Waals surface area contributed by atoms with Crippen LogP contribution in [0.4, 0.5) is 0 Å². The molecule has 0 bridgehead atoms. The van der Waals surface area contributed by atoms with E-state index < -0.39 is 5.97 Å². The Morgan fingerprint density at radius 2 is 1.75 bits per heavy atom. The van der Waals surface area contributed by atoms with Crippen molar-refractivity contribution >= 4 is 27.8 Å². The van der Waals surface area contributed by atoms with Gasteiger partial charge in [0.2, 0.25) is 0 Å². The lowest BCUT2D eigenvalue weighted by molar-refractivity contribution is 0.0595. The van der Waals surface area contributed by atoms with E-state index in [4.69, 9.17) is 4.74 Å². The molecule has 3 aromatic rings. The number of methoxy groups -OCH3 is 1. The average Bonchev–Trinajstić information content (AvgIpc) is 2.95. The van der Waals surface area contributed by atoms with Crippen molar-refractivity contribution in [3.8, 4) is 0 Å². The Balaban J connectivity index is 1.90. The molecule has 124 valence electrons. The van der Waals surface area contributed by atoms with E-state index in [1.54, 1.807) is 13.2 Å². The quantitative estimate of drug-likeness (QED) is 0.765. The van der Waals surface area contributed by atoms with Gasteiger partial charge in [-0.25, -0.2) is 4.79 Å². The number of nitrogens with zero attached hydrogens (tertiary/aromatic N) is 1. The standard InChI is InChI=1S/C20H21NO3/c1-24-15-9-7-14(8-10-15)21-18-5-3-2-4-16(18)17-11-6-13(20(22)23)12-19(17)21/h2-6,11-12,14-15H,7-10H2,1H3,(H,22,23)/t14-,15+. The van der Waals surface area contributed by atoms with Gasteiger partial charge < -0.3 is 14.4 Å². The van der Waals surface area contributed by atoms with E-state index in [1.165, 1.54) is 10.9 Å². The van der Waals surface area contributed by atoms with Gasteiger partial charge in [-0.15, -0.1) is 0 Å². The molecule has 24 heavy (non-hydrogen) atoms. The van der Waals surface area contributed by atoms with Gasteiger partial charge in [-0.2, -0.15) is 0 Å². The normalized spacial score (nSPS) is 21.4. The minimum absolute atomic E-state index is 0.345. The van der Waals surface area contributed by atoms with E-state index in [2.05, 4.69) is 22.8 Å². The molecule has 2 aromatic carbocycles. The smallest absolute Gasteiger partial charge is 0.335 e. The summed E-state index contributed by atoms with van der Waals surface area (Å²) in [5, 5.41) is 11.7. The number of para-hydroxylation sites is 1. The van der Waals surface area contributed by atoms with E-state index >= 15 is 0 Å². The molecule has 4 heteroatoms. The summed E-state index contributed by atoms with van der Waals surface area (Å²) in [6.45, 7) is 0. The fraction of sp³-hybridized carbons (Fsp3) is 0.350. The highest BCUT2D eigenvalue weighted by molar-refractivity contribution is 6.09. The van der Waals surface area contributed by atoms with Crippen molar-refractivity contribution in [1.82, 2.24) is 4.57 Å². The molecule has 0 radical (unpaired) electrons. The van der Waals surface area contributed by atoms with Crippen molar-refractivity contribution in [2.75, 3.05) is 7.11 Å². The summed E-state index contributed by atoms with van der Waals surface area (Å²) in [6, 6.07) is 14.2. The van der Waals surface area contributed by atoms with Gasteiger partial charge in [0.25, 0.3) is 0 Å². The van der Waals surface area contributed by atoms with Gasteiger partial charge in [0.05, 0.1) is 17.2 Å². The Kier molecular flexibility index (Phi) is 3.77. The van der Waals surface area contributed by atoms with Crippen LogP contribution in [0.2, 0.25) is 0 Å². The molecule has 0 saturated heterocycles. The summed E-state index contributed by atoms with van der Waals surface area (Å²) in [4.78, 5) is 11.4. The predicted octanol–water partition coefficient (Wildman–Crippen LogP) is 4.62. The maximum Gasteiger partial charge on any atom is 0.335 e. The molecule has 0 amide bonds. The first-order valence-electron chi connectivity index (χ1n) is 8.48. The molecular weight excluding hydrogens is 302 g/mol. The molecule has 0 unspecified atom stereocenters. The van der Waals surface area contributed by atoms with Crippen LogP contribution in [-0.2, 0) is 4.74 Å². The number of hydrogen-bond acceptors (Lipinski definition) is 2. The number of carboxylic acid groups (broad SMARTS) is 1. The minimum Gasteiger partial charge on any atom is -0.478 e. The molecule has 4 nitrogen and oxygen atoms in total. The Morgan fingerprint density at radius 3 is 2.46 bits per heavy atom. The van der Waals surface area contributed by atoms with Gasteiger partial charge in [0.15, 0.2) is 0 Å². The highest BCUT2D eigenvalue weighted by atomic mass is 16.5. The second-order valence-electron chi connectivity index (χ2n) is 6.59. The third-order valence-electron chi connectivity index (χ3n) is 5.30. The highest BCUT2D eigenvalue weighted by Gasteiger charge is 2.25.